The Hall–Kier alpha value is -3.00. The molecular formula is C21H19NO. The summed E-state index contributed by atoms with van der Waals surface area (Å²) in [6, 6.07) is 26.3. The van der Waals surface area contributed by atoms with Gasteiger partial charge in [0.2, 0.25) is 0 Å². The number of anilines is 1. The van der Waals surface area contributed by atoms with E-state index in [-0.39, 0.29) is 0 Å². The molecule has 0 bridgehead atoms. The van der Waals surface area contributed by atoms with Gasteiger partial charge in [-0.05, 0) is 34.9 Å². The van der Waals surface area contributed by atoms with Gasteiger partial charge in [-0.2, -0.15) is 0 Å². The maximum Gasteiger partial charge on any atom is 0.120 e. The minimum Gasteiger partial charge on any atom is -0.497 e. The zero-order valence-corrected chi connectivity index (χ0v) is 13.1. The van der Waals surface area contributed by atoms with Gasteiger partial charge in [0.1, 0.15) is 5.75 Å². The maximum atomic E-state index is 6.27. The summed E-state index contributed by atoms with van der Waals surface area (Å²) in [5, 5.41) is 0. The summed E-state index contributed by atoms with van der Waals surface area (Å²) in [5.41, 5.74) is 11.3. The van der Waals surface area contributed by atoms with Crippen LogP contribution in [0.4, 0.5) is 5.69 Å². The quantitative estimate of drug-likeness (QED) is 0.551. The van der Waals surface area contributed by atoms with Crippen molar-refractivity contribution >= 4 is 17.3 Å². The van der Waals surface area contributed by atoms with Gasteiger partial charge in [0, 0.05) is 17.3 Å². The summed E-state index contributed by atoms with van der Waals surface area (Å²) < 4.78 is 5.25. The van der Waals surface area contributed by atoms with Crippen LogP contribution in [-0.4, -0.2) is 7.11 Å². The average Bonchev–Trinajstić information content (AvgIpc) is 2.61. The lowest BCUT2D eigenvalue weighted by molar-refractivity contribution is 0.415. The third-order valence-corrected chi connectivity index (χ3v) is 3.74. The molecule has 114 valence electrons. The molecule has 2 N–H and O–H groups in total. The van der Waals surface area contributed by atoms with Crippen LogP contribution in [-0.2, 0) is 0 Å². The second-order valence-electron chi connectivity index (χ2n) is 5.29. The van der Waals surface area contributed by atoms with E-state index in [0.29, 0.717) is 5.69 Å². The van der Waals surface area contributed by atoms with E-state index in [1.165, 1.54) is 0 Å². The van der Waals surface area contributed by atoms with Crippen molar-refractivity contribution in [2.45, 2.75) is 0 Å². The summed E-state index contributed by atoms with van der Waals surface area (Å²) in [5.74, 6) is 0.762. The van der Waals surface area contributed by atoms with E-state index in [1.54, 1.807) is 7.11 Å². The van der Waals surface area contributed by atoms with Gasteiger partial charge in [-0.3, -0.25) is 0 Å². The third kappa shape index (κ3) is 3.43. The van der Waals surface area contributed by atoms with Crippen LogP contribution < -0.4 is 10.5 Å². The number of nitrogens with two attached hydrogens (primary N) is 1. The van der Waals surface area contributed by atoms with Crippen LogP contribution in [0.3, 0.4) is 0 Å². The first-order valence-electron chi connectivity index (χ1n) is 7.54. The van der Waals surface area contributed by atoms with Crippen molar-refractivity contribution in [3.63, 3.8) is 0 Å². The highest BCUT2D eigenvalue weighted by molar-refractivity contribution is 5.95. The second kappa shape index (κ2) is 6.84. The number of benzene rings is 3. The van der Waals surface area contributed by atoms with Crippen LogP contribution in [0.2, 0.25) is 0 Å². The van der Waals surface area contributed by atoms with Crippen molar-refractivity contribution in [3.8, 4) is 5.75 Å². The SMILES string of the molecule is COc1ccc(C(=Cc2ccccc2)c2ccccc2)c(N)c1. The molecular weight excluding hydrogens is 282 g/mol. The van der Waals surface area contributed by atoms with Gasteiger partial charge in [0.05, 0.1) is 7.11 Å². The molecule has 3 aromatic carbocycles. The van der Waals surface area contributed by atoms with Crippen molar-refractivity contribution in [1.82, 2.24) is 0 Å². The van der Waals surface area contributed by atoms with E-state index in [2.05, 4.69) is 30.3 Å². The Bertz CT molecular complexity index is 808. The summed E-state index contributed by atoms with van der Waals surface area (Å²) in [4.78, 5) is 0. The molecule has 0 fully saturated rings. The van der Waals surface area contributed by atoms with Gasteiger partial charge in [-0.25, -0.2) is 0 Å². The minimum atomic E-state index is 0.704. The van der Waals surface area contributed by atoms with Crippen LogP contribution in [0.15, 0.2) is 78.9 Å². The van der Waals surface area contributed by atoms with Crippen LogP contribution in [0.5, 0.6) is 5.75 Å². The summed E-state index contributed by atoms with van der Waals surface area (Å²) in [6.07, 6.45) is 2.16. The fraction of sp³-hybridized carbons (Fsp3) is 0.0476. The van der Waals surface area contributed by atoms with Gasteiger partial charge < -0.3 is 10.5 Å². The van der Waals surface area contributed by atoms with Crippen LogP contribution in [0.1, 0.15) is 16.7 Å². The zero-order valence-electron chi connectivity index (χ0n) is 13.1. The fourth-order valence-electron chi connectivity index (χ4n) is 2.56. The molecule has 2 heteroatoms. The Morgan fingerprint density at radius 2 is 1.52 bits per heavy atom. The van der Waals surface area contributed by atoms with E-state index in [0.717, 1.165) is 28.0 Å². The molecule has 0 aliphatic rings. The minimum absolute atomic E-state index is 0.704. The Labute approximate surface area is 136 Å². The molecule has 0 amide bonds. The molecule has 0 aliphatic heterocycles. The first kappa shape index (κ1) is 14.9. The molecule has 0 heterocycles. The smallest absolute Gasteiger partial charge is 0.120 e. The van der Waals surface area contributed by atoms with E-state index in [9.17, 15) is 0 Å². The van der Waals surface area contributed by atoms with Crippen molar-refractivity contribution in [2.24, 2.45) is 0 Å². The monoisotopic (exact) mass is 301 g/mol. The number of methoxy groups -OCH3 is 1. The molecule has 3 aromatic rings. The lowest BCUT2D eigenvalue weighted by Crippen LogP contribution is -1.96. The third-order valence-electron chi connectivity index (χ3n) is 3.74. The molecule has 0 atom stereocenters. The Balaban J connectivity index is 2.15. The molecule has 0 radical (unpaired) electrons. The molecule has 0 saturated carbocycles. The molecule has 3 rings (SSSR count). The lowest BCUT2D eigenvalue weighted by Gasteiger charge is -2.13. The number of hydrogen-bond donors (Lipinski definition) is 1. The Morgan fingerprint density at radius 3 is 2.13 bits per heavy atom. The van der Waals surface area contributed by atoms with Crippen molar-refractivity contribution < 1.29 is 4.74 Å². The fourth-order valence-corrected chi connectivity index (χ4v) is 2.56. The molecule has 0 spiro atoms. The van der Waals surface area contributed by atoms with E-state index >= 15 is 0 Å². The number of rotatable bonds is 4. The molecule has 0 saturated heterocycles. The number of nitrogen functional groups attached to an aromatic ring is 1. The normalized spacial score (nSPS) is 11.3. The molecule has 0 aliphatic carbocycles. The van der Waals surface area contributed by atoms with Crippen LogP contribution in [0, 0.1) is 0 Å². The largest absolute Gasteiger partial charge is 0.497 e. The highest BCUT2D eigenvalue weighted by atomic mass is 16.5. The maximum absolute atomic E-state index is 6.27. The van der Waals surface area contributed by atoms with Gasteiger partial charge in [0.15, 0.2) is 0 Å². The Morgan fingerprint density at radius 1 is 0.870 bits per heavy atom. The Kier molecular flexibility index (Phi) is 4.44. The second-order valence-corrected chi connectivity index (χ2v) is 5.29. The molecule has 0 aromatic heterocycles. The van der Waals surface area contributed by atoms with Crippen molar-refractivity contribution in [3.05, 3.63) is 95.6 Å². The van der Waals surface area contributed by atoms with Crippen LogP contribution in [0.25, 0.3) is 11.6 Å². The standard InChI is InChI=1S/C21H19NO/c1-23-18-12-13-19(21(22)15-18)20(17-10-6-3-7-11-17)14-16-8-4-2-5-9-16/h2-15H,22H2,1H3. The topological polar surface area (TPSA) is 35.2 Å². The number of ether oxygens (including phenoxy) is 1. The number of hydrogen-bond acceptors (Lipinski definition) is 2. The lowest BCUT2D eigenvalue weighted by atomic mass is 9.94. The predicted molar refractivity (Wildman–Crippen MR) is 97.3 cm³/mol. The van der Waals surface area contributed by atoms with E-state index < -0.39 is 0 Å². The summed E-state index contributed by atoms with van der Waals surface area (Å²) >= 11 is 0. The molecule has 0 unspecified atom stereocenters. The summed E-state index contributed by atoms with van der Waals surface area (Å²) in [6.45, 7) is 0. The zero-order chi connectivity index (χ0) is 16.1. The first-order valence-corrected chi connectivity index (χ1v) is 7.54. The van der Waals surface area contributed by atoms with Gasteiger partial charge >= 0.3 is 0 Å². The molecule has 23 heavy (non-hydrogen) atoms. The molecule has 2 nitrogen and oxygen atoms in total. The van der Waals surface area contributed by atoms with E-state index in [4.69, 9.17) is 10.5 Å². The highest BCUT2D eigenvalue weighted by Crippen LogP contribution is 2.32. The van der Waals surface area contributed by atoms with E-state index in [1.807, 2.05) is 54.6 Å². The highest BCUT2D eigenvalue weighted by Gasteiger charge is 2.09. The van der Waals surface area contributed by atoms with Gasteiger partial charge in [-0.15, -0.1) is 0 Å². The van der Waals surface area contributed by atoms with Crippen molar-refractivity contribution in [2.75, 3.05) is 12.8 Å². The van der Waals surface area contributed by atoms with Crippen molar-refractivity contribution in [1.29, 1.82) is 0 Å². The van der Waals surface area contributed by atoms with Gasteiger partial charge in [-0.1, -0.05) is 60.7 Å². The van der Waals surface area contributed by atoms with Gasteiger partial charge in [0.25, 0.3) is 0 Å². The average molecular weight is 301 g/mol. The first-order chi connectivity index (χ1) is 11.3. The summed E-state index contributed by atoms with van der Waals surface area (Å²) in [7, 11) is 1.65. The predicted octanol–water partition coefficient (Wildman–Crippen LogP) is 4.87. The van der Waals surface area contributed by atoms with Crippen LogP contribution >= 0.6 is 0 Å².